The van der Waals surface area contributed by atoms with E-state index in [-0.39, 0.29) is 0 Å². The number of hydrogen-bond donors (Lipinski definition) is 1. The molecule has 0 fully saturated rings. The van der Waals surface area contributed by atoms with E-state index in [1.54, 1.807) is 25.4 Å². The van der Waals surface area contributed by atoms with Crippen LogP contribution in [0.1, 0.15) is 11.4 Å². The van der Waals surface area contributed by atoms with Crippen LogP contribution in [0.25, 0.3) is 0 Å². The average Bonchev–Trinajstić information content (AvgIpc) is 2.38. The molecule has 0 aliphatic carbocycles. The molecule has 5 nitrogen and oxygen atoms in total. The van der Waals surface area contributed by atoms with Crippen molar-refractivity contribution in [2.45, 2.75) is 13.5 Å². The number of nitrogens with two attached hydrogens (primary N) is 1. The van der Waals surface area contributed by atoms with Crippen LogP contribution in [-0.2, 0) is 6.54 Å². The van der Waals surface area contributed by atoms with Crippen LogP contribution in [-0.4, -0.2) is 17.1 Å². The summed E-state index contributed by atoms with van der Waals surface area (Å²) in [6, 6.07) is 7.23. The molecule has 18 heavy (non-hydrogen) atoms. The van der Waals surface area contributed by atoms with Gasteiger partial charge >= 0.3 is 0 Å². The number of benzene rings is 1. The highest BCUT2D eigenvalue weighted by Gasteiger charge is 2.04. The van der Waals surface area contributed by atoms with E-state index in [2.05, 4.69) is 9.97 Å². The van der Waals surface area contributed by atoms with Crippen molar-refractivity contribution in [3.05, 3.63) is 41.9 Å². The number of methoxy groups -OCH3 is 1. The smallest absolute Gasteiger partial charge is 0.222 e. The van der Waals surface area contributed by atoms with Crippen molar-refractivity contribution in [3.8, 4) is 17.4 Å². The Morgan fingerprint density at radius 3 is 2.67 bits per heavy atom. The van der Waals surface area contributed by atoms with E-state index in [1.165, 1.54) is 0 Å². The van der Waals surface area contributed by atoms with Gasteiger partial charge in [-0.3, -0.25) is 0 Å². The Labute approximate surface area is 106 Å². The van der Waals surface area contributed by atoms with Gasteiger partial charge in [-0.15, -0.1) is 0 Å². The Bertz CT molecular complexity index is 521. The Hall–Kier alpha value is -2.14. The van der Waals surface area contributed by atoms with Crippen LogP contribution in [0.3, 0.4) is 0 Å². The number of ether oxygens (including phenoxy) is 2. The maximum Gasteiger partial charge on any atom is 0.222 e. The van der Waals surface area contributed by atoms with Crippen LogP contribution in [0.4, 0.5) is 0 Å². The second-order valence-corrected chi connectivity index (χ2v) is 3.77. The summed E-state index contributed by atoms with van der Waals surface area (Å²) in [7, 11) is 1.61. The zero-order valence-electron chi connectivity index (χ0n) is 10.4. The summed E-state index contributed by atoms with van der Waals surface area (Å²) in [5, 5.41) is 0. The molecule has 0 bridgehead atoms. The van der Waals surface area contributed by atoms with Crippen molar-refractivity contribution in [2.24, 2.45) is 5.73 Å². The highest BCUT2D eigenvalue weighted by Crippen LogP contribution is 2.26. The molecular weight excluding hydrogens is 230 g/mol. The molecule has 2 rings (SSSR count). The summed E-state index contributed by atoms with van der Waals surface area (Å²) in [6.07, 6.45) is 1.65. The number of hydrogen-bond acceptors (Lipinski definition) is 5. The molecule has 0 unspecified atom stereocenters. The Morgan fingerprint density at radius 2 is 2.00 bits per heavy atom. The fourth-order valence-electron chi connectivity index (χ4n) is 1.54. The van der Waals surface area contributed by atoms with Gasteiger partial charge in [0.25, 0.3) is 0 Å². The van der Waals surface area contributed by atoms with Gasteiger partial charge in [-0.25, -0.2) is 4.98 Å². The van der Waals surface area contributed by atoms with Gasteiger partial charge < -0.3 is 15.2 Å². The van der Waals surface area contributed by atoms with E-state index in [0.29, 0.717) is 29.7 Å². The van der Waals surface area contributed by atoms with E-state index in [1.807, 2.05) is 19.1 Å². The highest BCUT2D eigenvalue weighted by molar-refractivity contribution is 5.39. The minimum Gasteiger partial charge on any atom is -0.497 e. The summed E-state index contributed by atoms with van der Waals surface area (Å²) in [5.74, 6) is 2.51. The van der Waals surface area contributed by atoms with Crippen LogP contribution in [0.5, 0.6) is 17.4 Å². The van der Waals surface area contributed by atoms with E-state index in [0.717, 1.165) is 5.56 Å². The molecule has 5 heteroatoms. The van der Waals surface area contributed by atoms with E-state index in [9.17, 15) is 0 Å². The standard InChI is InChI=1S/C13H15N3O2/c1-9-15-4-3-13(16-9)18-12-6-10(8-14)5-11(7-12)17-2/h3-7H,8,14H2,1-2H3. The third-order valence-electron chi connectivity index (χ3n) is 2.38. The summed E-state index contributed by atoms with van der Waals surface area (Å²) in [5.41, 5.74) is 6.56. The molecule has 2 N–H and O–H groups in total. The van der Waals surface area contributed by atoms with Gasteiger partial charge in [0.1, 0.15) is 17.3 Å². The minimum absolute atomic E-state index is 0.427. The zero-order valence-corrected chi connectivity index (χ0v) is 10.4. The van der Waals surface area contributed by atoms with Gasteiger partial charge in [0, 0.05) is 24.9 Å². The minimum atomic E-state index is 0.427. The maximum absolute atomic E-state index is 5.66. The number of aryl methyl sites for hydroxylation is 1. The molecule has 1 aromatic heterocycles. The number of aromatic nitrogens is 2. The van der Waals surface area contributed by atoms with E-state index < -0.39 is 0 Å². The fourth-order valence-corrected chi connectivity index (χ4v) is 1.54. The first-order valence-electron chi connectivity index (χ1n) is 5.57. The van der Waals surface area contributed by atoms with Crippen molar-refractivity contribution in [3.63, 3.8) is 0 Å². The van der Waals surface area contributed by atoms with Crippen molar-refractivity contribution < 1.29 is 9.47 Å². The molecule has 0 aliphatic rings. The molecule has 1 aromatic carbocycles. The molecule has 0 spiro atoms. The predicted octanol–water partition coefficient (Wildman–Crippen LogP) is 2.04. The van der Waals surface area contributed by atoms with E-state index in [4.69, 9.17) is 15.2 Å². The van der Waals surface area contributed by atoms with E-state index >= 15 is 0 Å². The Kier molecular flexibility index (Phi) is 3.74. The van der Waals surface area contributed by atoms with Gasteiger partial charge in [0.15, 0.2) is 0 Å². The first-order chi connectivity index (χ1) is 8.71. The molecule has 1 heterocycles. The van der Waals surface area contributed by atoms with Gasteiger partial charge in [0.05, 0.1) is 7.11 Å². The van der Waals surface area contributed by atoms with Crippen molar-refractivity contribution in [1.82, 2.24) is 9.97 Å². The topological polar surface area (TPSA) is 70.3 Å². The summed E-state index contributed by atoms with van der Waals surface area (Å²) in [4.78, 5) is 8.19. The van der Waals surface area contributed by atoms with Gasteiger partial charge in [-0.05, 0) is 24.6 Å². The van der Waals surface area contributed by atoms with Crippen LogP contribution in [0, 0.1) is 6.92 Å². The molecule has 0 atom stereocenters. The maximum atomic E-state index is 5.66. The predicted molar refractivity (Wildman–Crippen MR) is 67.7 cm³/mol. The molecule has 0 aliphatic heterocycles. The van der Waals surface area contributed by atoms with Gasteiger partial charge in [0.2, 0.25) is 5.88 Å². The van der Waals surface area contributed by atoms with Crippen LogP contribution < -0.4 is 15.2 Å². The monoisotopic (exact) mass is 245 g/mol. The van der Waals surface area contributed by atoms with Gasteiger partial charge in [-0.2, -0.15) is 4.98 Å². The lowest BCUT2D eigenvalue weighted by Gasteiger charge is -2.09. The molecular formula is C13H15N3O2. The normalized spacial score (nSPS) is 10.2. The Morgan fingerprint density at radius 1 is 1.22 bits per heavy atom. The molecule has 0 saturated carbocycles. The van der Waals surface area contributed by atoms with Crippen LogP contribution >= 0.6 is 0 Å². The SMILES string of the molecule is COc1cc(CN)cc(Oc2ccnc(C)n2)c1. The first kappa shape index (κ1) is 12.3. The second kappa shape index (κ2) is 5.46. The number of rotatable bonds is 4. The van der Waals surface area contributed by atoms with Crippen LogP contribution in [0.15, 0.2) is 30.5 Å². The first-order valence-corrected chi connectivity index (χ1v) is 5.57. The van der Waals surface area contributed by atoms with Crippen LogP contribution in [0.2, 0.25) is 0 Å². The molecule has 94 valence electrons. The molecule has 0 amide bonds. The average molecular weight is 245 g/mol. The zero-order chi connectivity index (χ0) is 13.0. The van der Waals surface area contributed by atoms with Gasteiger partial charge in [-0.1, -0.05) is 0 Å². The third kappa shape index (κ3) is 2.95. The van der Waals surface area contributed by atoms with Crippen molar-refractivity contribution >= 4 is 0 Å². The number of nitrogens with zero attached hydrogens (tertiary/aromatic N) is 2. The lowest BCUT2D eigenvalue weighted by atomic mass is 10.2. The molecule has 0 saturated heterocycles. The molecule has 2 aromatic rings. The second-order valence-electron chi connectivity index (χ2n) is 3.77. The summed E-state index contributed by atoms with van der Waals surface area (Å²) >= 11 is 0. The largest absolute Gasteiger partial charge is 0.497 e. The third-order valence-corrected chi connectivity index (χ3v) is 2.38. The lowest BCUT2D eigenvalue weighted by molar-refractivity contribution is 0.406. The van der Waals surface area contributed by atoms with Crippen molar-refractivity contribution in [1.29, 1.82) is 0 Å². The summed E-state index contributed by atoms with van der Waals surface area (Å²) in [6.45, 7) is 2.24. The Balaban J connectivity index is 2.28. The van der Waals surface area contributed by atoms with Crippen molar-refractivity contribution in [2.75, 3.05) is 7.11 Å². The lowest BCUT2D eigenvalue weighted by Crippen LogP contribution is -1.98. The highest BCUT2D eigenvalue weighted by atomic mass is 16.5. The molecule has 0 radical (unpaired) electrons. The summed E-state index contributed by atoms with van der Waals surface area (Å²) < 4.78 is 10.8. The fraction of sp³-hybridized carbons (Fsp3) is 0.231. The quantitative estimate of drug-likeness (QED) is 0.892.